The van der Waals surface area contributed by atoms with Gasteiger partial charge in [0, 0.05) is 51.0 Å². The monoisotopic (exact) mass is 959 g/mol. The zero-order chi connectivity index (χ0) is 49.7. The number of aliphatic hydroxyl groups excluding tert-OH is 2. The van der Waals surface area contributed by atoms with Crippen molar-refractivity contribution in [1.82, 2.24) is 20.1 Å². The number of likely N-dealkylation sites (N-methyl/N-ethyl adjacent to an activating group) is 1. The van der Waals surface area contributed by atoms with E-state index in [1.807, 2.05) is 37.4 Å². The molecule has 0 bridgehead atoms. The fourth-order valence-corrected chi connectivity index (χ4v) is 10.3. The number of fused-ring (bicyclic) bond motifs is 1. The number of para-hydroxylation sites is 1. The van der Waals surface area contributed by atoms with E-state index in [4.69, 9.17) is 33.2 Å². The lowest BCUT2D eigenvalue weighted by Gasteiger charge is -2.50. The van der Waals surface area contributed by atoms with Crippen LogP contribution < -0.4 is 5.32 Å². The van der Waals surface area contributed by atoms with Crippen molar-refractivity contribution < 1.29 is 67.7 Å². The molecule has 0 aliphatic carbocycles. The number of aryl methyl sites for hydroxylation is 1. The Morgan fingerprint density at radius 3 is 2.47 bits per heavy atom. The number of aromatic nitrogens is 1. The van der Waals surface area contributed by atoms with E-state index in [1.165, 1.54) is 12.7 Å². The summed E-state index contributed by atoms with van der Waals surface area (Å²) in [5.74, 6) is -3.54. The molecule has 4 heterocycles. The Morgan fingerprint density at radius 2 is 1.79 bits per heavy atom. The molecule has 0 unspecified atom stereocenters. The van der Waals surface area contributed by atoms with E-state index >= 15 is 0 Å². The van der Waals surface area contributed by atoms with Crippen LogP contribution in [0.3, 0.4) is 0 Å². The van der Waals surface area contributed by atoms with Gasteiger partial charge in [-0.05, 0) is 110 Å². The highest BCUT2D eigenvalue weighted by Crippen LogP contribution is 2.39. The van der Waals surface area contributed by atoms with Crippen LogP contribution in [0.2, 0.25) is 0 Å². The van der Waals surface area contributed by atoms with Crippen LogP contribution in [-0.2, 0) is 58.8 Å². The van der Waals surface area contributed by atoms with Crippen LogP contribution in [0.4, 0.5) is 0 Å². The number of nitrogens with one attached hydrogen (secondary N) is 1. The van der Waals surface area contributed by atoms with Crippen LogP contribution in [0.1, 0.15) is 92.1 Å². The number of carbonyl (C=O) groups is 4. The number of ether oxygens (including phenoxy) is 7. The van der Waals surface area contributed by atoms with E-state index < -0.39 is 96.8 Å². The topological polar surface area (TPSA) is 225 Å². The highest BCUT2D eigenvalue weighted by Gasteiger charge is 2.53. The fraction of sp³-hybridized carbons (Fsp3) is 0.740. The molecule has 15 atom stereocenters. The Bertz CT molecular complexity index is 1920. The van der Waals surface area contributed by atoms with Crippen molar-refractivity contribution in [3.63, 3.8) is 0 Å². The van der Waals surface area contributed by atoms with Gasteiger partial charge in [0.15, 0.2) is 12.6 Å². The fourth-order valence-electron chi connectivity index (χ4n) is 10.3. The van der Waals surface area contributed by atoms with Crippen molar-refractivity contribution in [3.05, 3.63) is 42.1 Å². The minimum Gasteiger partial charge on any atom is -0.466 e. The predicted octanol–water partition coefficient (Wildman–Crippen LogP) is 3.18. The summed E-state index contributed by atoms with van der Waals surface area (Å²) >= 11 is 0. The van der Waals surface area contributed by atoms with E-state index in [2.05, 4.69) is 21.3 Å². The molecule has 0 spiro atoms. The number of pyridine rings is 1. The second kappa shape index (κ2) is 26.0. The van der Waals surface area contributed by atoms with Crippen LogP contribution in [-0.4, -0.2) is 181 Å². The third-order valence-electron chi connectivity index (χ3n) is 13.8. The number of benzene rings is 1. The molecule has 4 N–H and O–H groups in total. The minimum absolute atomic E-state index is 0.0184. The maximum atomic E-state index is 13.7. The maximum Gasteiger partial charge on any atom is 0.314 e. The first-order valence-electron chi connectivity index (χ1n) is 24.4. The van der Waals surface area contributed by atoms with Gasteiger partial charge >= 0.3 is 11.9 Å². The number of hydrogen-bond acceptors (Lipinski definition) is 17. The largest absolute Gasteiger partial charge is 0.466 e. The van der Waals surface area contributed by atoms with Gasteiger partial charge in [-0.15, -0.1) is 0 Å². The number of rotatable bonds is 16. The van der Waals surface area contributed by atoms with E-state index in [1.54, 1.807) is 53.6 Å². The summed E-state index contributed by atoms with van der Waals surface area (Å²) in [5.41, 5.74) is 0.594. The number of nitrogens with zero attached hydrogens (tertiary/aromatic N) is 3. The molecule has 3 saturated heterocycles. The van der Waals surface area contributed by atoms with Crippen molar-refractivity contribution in [2.75, 3.05) is 54.0 Å². The lowest BCUT2D eigenvalue weighted by molar-refractivity contribution is -0.340. The van der Waals surface area contributed by atoms with Crippen molar-refractivity contribution in [2.45, 2.75) is 166 Å². The van der Waals surface area contributed by atoms with Crippen LogP contribution >= 0.6 is 0 Å². The number of aldehydes is 1. The van der Waals surface area contributed by atoms with Gasteiger partial charge < -0.3 is 68.4 Å². The van der Waals surface area contributed by atoms with Crippen molar-refractivity contribution in [3.8, 4) is 0 Å². The van der Waals surface area contributed by atoms with Gasteiger partial charge in [0.2, 0.25) is 5.91 Å². The molecular formula is C50H78N4O14. The van der Waals surface area contributed by atoms with Crippen molar-refractivity contribution in [2.24, 2.45) is 17.8 Å². The average Bonchev–Trinajstić information content (AvgIpc) is 3.28. The number of aliphatic hydroxyl groups is 3. The lowest BCUT2D eigenvalue weighted by atomic mass is 9.80. The van der Waals surface area contributed by atoms with Gasteiger partial charge in [0.05, 0.1) is 54.6 Å². The van der Waals surface area contributed by atoms with Crippen LogP contribution in [0.25, 0.3) is 10.9 Å². The first-order valence-corrected chi connectivity index (χ1v) is 24.4. The SMILES string of the molecule is CCOC(=O)[C@H]1[C@H](C)O[C@@H](O[C@H]2[C@H](N(C)C)[C@@H](O)[C@H](O[C@H]3[C@@H](CC=O)C[C@@H](C)[C@@H](O)CN(CCCc4ccnc5ccccc45)CCCNC(=O)C[C@@H](OC(=O)CC)[C@@H]3OC)O[C@@H]2C)C[C@@]1(C)O. The summed E-state index contributed by atoms with van der Waals surface area (Å²) in [6.45, 7) is 12.3. The number of amides is 1. The summed E-state index contributed by atoms with van der Waals surface area (Å²) in [6.07, 6.45) is -5.69. The van der Waals surface area contributed by atoms with Gasteiger partial charge in [0.25, 0.3) is 0 Å². The summed E-state index contributed by atoms with van der Waals surface area (Å²) in [6, 6.07) is 9.30. The first kappa shape index (κ1) is 55.2. The molecule has 2 aromatic rings. The Balaban J connectivity index is 1.41. The smallest absolute Gasteiger partial charge is 0.314 e. The summed E-state index contributed by atoms with van der Waals surface area (Å²) < 4.78 is 43.2. The first-order chi connectivity index (χ1) is 32.4. The molecule has 68 heavy (non-hydrogen) atoms. The van der Waals surface area contributed by atoms with Crippen LogP contribution in [0.15, 0.2) is 36.5 Å². The van der Waals surface area contributed by atoms with Crippen LogP contribution in [0, 0.1) is 17.8 Å². The third-order valence-corrected chi connectivity index (χ3v) is 13.8. The Hall–Kier alpha value is -3.69. The van der Waals surface area contributed by atoms with Gasteiger partial charge in [-0.3, -0.25) is 19.4 Å². The Morgan fingerprint density at radius 1 is 1.04 bits per heavy atom. The molecule has 1 aromatic heterocycles. The predicted molar refractivity (Wildman–Crippen MR) is 251 cm³/mol. The average molecular weight is 959 g/mol. The van der Waals surface area contributed by atoms with E-state index in [0.29, 0.717) is 32.6 Å². The van der Waals surface area contributed by atoms with Gasteiger partial charge in [-0.25, -0.2) is 0 Å². The summed E-state index contributed by atoms with van der Waals surface area (Å²) in [7, 11) is 4.93. The van der Waals surface area contributed by atoms with Crippen molar-refractivity contribution in [1.29, 1.82) is 0 Å². The molecule has 3 aliphatic heterocycles. The minimum atomic E-state index is -1.53. The van der Waals surface area contributed by atoms with Gasteiger partial charge in [-0.1, -0.05) is 32.0 Å². The summed E-state index contributed by atoms with van der Waals surface area (Å²) in [4.78, 5) is 60.6. The molecule has 382 valence electrons. The molecule has 1 amide bonds. The zero-order valence-corrected chi connectivity index (χ0v) is 41.5. The number of carbonyl (C=O) groups excluding carboxylic acids is 4. The summed E-state index contributed by atoms with van der Waals surface area (Å²) in [5, 5.41) is 39.7. The van der Waals surface area contributed by atoms with E-state index in [0.717, 1.165) is 30.0 Å². The van der Waals surface area contributed by atoms with Crippen molar-refractivity contribution >= 4 is 35.0 Å². The molecule has 18 heteroatoms. The molecule has 18 nitrogen and oxygen atoms in total. The molecular weight excluding hydrogens is 881 g/mol. The second-order valence-corrected chi connectivity index (χ2v) is 19.2. The number of β-amino-alcohol motifs (C(OH)–C–C–N with tert-alkyl or cyclic N) is 1. The van der Waals surface area contributed by atoms with Gasteiger partial charge in [0.1, 0.15) is 36.6 Å². The number of esters is 2. The lowest BCUT2D eigenvalue weighted by Crippen LogP contribution is -2.65. The Labute approximate surface area is 401 Å². The Kier molecular flexibility index (Phi) is 21.1. The highest BCUT2D eigenvalue weighted by atomic mass is 16.7. The van der Waals surface area contributed by atoms with Gasteiger partial charge in [-0.2, -0.15) is 0 Å². The second-order valence-electron chi connectivity index (χ2n) is 19.2. The van der Waals surface area contributed by atoms with E-state index in [9.17, 15) is 34.5 Å². The number of methoxy groups -OCH3 is 1. The van der Waals surface area contributed by atoms with Crippen LogP contribution in [0.5, 0.6) is 0 Å². The quantitative estimate of drug-likeness (QED) is 0.140. The zero-order valence-electron chi connectivity index (χ0n) is 41.5. The molecule has 1 aromatic carbocycles. The molecule has 0 radical (unpaired) electrons. The number of hydrogen-bond donors (Lipinski definition) is 4. The third kappa shape index (κ3) is 14.5. The molecule has 0 saturated carbocycles. The molecule has 5 rings (SSSR count). The molecule has 3 fully saturated rings. The maximum absolute atomic E-state index is 13.7. The highest BCUT2D eigenvalue weighted by molar-refractivity contribution is 5.81. The molecule has 3 aliphatic rings. The van der Waals surface area contributed by atoms with E-state index in [-0.39, 0.29) is 50.5 Å². The standard InChI is InChI=1S/C50H78N4O14/c1-10-40(58)66-38-27-39(57)52-21-15-24-54(23-14-16-33-19-22-51-36-18-13-12-17-35(33)36)29-37(56)30(3)26-34(20-25-55)46(47(38)62-9)68-49-44(59)43(53(7)8)45(32(5)65-49)67-41-28-50(6,61)42(31(4)64-41)48(60)63-11-2/h12-13,17-19,22,25,30-32,34,37-38,41-47,49,56,59,61H,10-11,14-16,20-21,23-24,26-29H2,1-9H3,(H,52,57)/t30-,31+,32-,34+,37+,38-,41+,42-,43-,44-,45-,46+,47+,49+,50-/m1/s1. The normalized spacial score (nSPS) is 34.9.